The van der Waals surface area contributed by atoms with Gasteiger partial charge in [-0.2, -0.15) is 0 Å². The van der Waals surface area contributed by atoms with Crippen LogP contribution in [0.2, 0.25) is 0 Å². The Balaban J connectivity index is 1.58. The maximum absolute atomic E-state index is 13.9. The van der Waals surface area contributed by atoms with E-state index in [0.717, 1.165) is 40.1 Å². The van der Waals surface area contributed by atoms with Gasteiger partial charge in [0.1, 0.15) is 23.1 Å². The van der Waals surface area contributed by atoms with E-state index in [1.807, 2.05) is 19.1 Å². The lowest BCUT2D eigenvalue weighted by Gasteiger charge is -2.25. The first-order chi connectivity index (χ1) is 13.8. The van der Waals surface area contributed by atoms with Crippen LogP contribution in [0.5, 0.6) is 5.75 Å². The second-order valence-electron chi connectivity index (χ2n) is 8.02. The lowest BCUT2D eigenvalue weighted by atomic mass is 9.84. The highest BCUT2D eigenvalue weighted by Crippen LogP contribution is 2.41. The third-order valence-corrected chi connectivity index (χ3v) is 5.35. The fraction of sp³-hybridized carbons (Fsp3) is 0.261. The van der Waals surface area contributed by atoms with Crippen LogP contribution in [0.1, 0.15) is 30.5 Å². The molecule has 2 aromatic rings. The largest absolute Gasteiger partial charge is 0.492 e. The minimum Gasteiger partial charge on any atom is -0.492 e. The number of ether oxygens (including phenoxy) is 1. The Morgan fingerprint density at radius 1 is 1.21 bits per heavy atom. The number of nitrogens with zero attached hydrogens (tertiary/aromatic N) is 1. The lowest BCUT2D eigenvalue weighted by Crippen LogP contribution is -2.33. The first kappa shape index (κ1) is 19.2. The lowest BCUT2D eigenvalue weighted by molar-refractivity contribution is 0.232. The number of benzene rings is 2. The van der Waals surface area contributed by atoms with Gasteiger partial charge in [-0.3, -0.25) is 4.90 Å². The summed E-state index contributed by atoms with van der Waals surface area (Å²) in [6.45, 7) is 7.19. The van der Waals surface area contributed by atoms with Crippen molar-refractivity contribution in [3.8, 4) is 5.75 Å². The Morgan fingerprint density at radius 2 is 1.93 bits per heavy atom. The van der Waals surface area contributed by atoms with E-state index in [2.05, 4.69) is 25.2 Å². The highest BCUT2D eigenvalue weighted by Gasteiger charge is 2.33. The minimum atomic E-state index is -0.813. The van der Waals surface area contributed by atoms with Crippen molar-refractivity contribution in [3.63, 3.8) is 0 Å². The number of urea groups is 1. The predicted molar refractivity (Wildman–Crippen MR) is 109 cm³/mol. The molecule has 29 heavy (non-hydrogen) atoms. The van der Waals surface area contributed by atoms with Gasteiger partial charge in [0, 0.05) is 17.2 Å². The number of halogens is 2. The van der Waals surface area contributed by atoms with Crippen molar-refractivity contribution in [3.05, 3.63) is 77.0 Å². The van der Waals surface area contributed by atoms with Crippen molar-refractivity contribution in [2.45, 2.75) is 26.2 Å². The van der Waals surface area contributed by atoms with Crippen LogP contribution in [-0.2, 0) is 5.41 Å². The summed E-state index contributed by atoms with van der Waals surface area (Å²) in [7, 11) is 0. The molecule has 0 spiro atoms. The summed E-state index contributed by atoms with van der Waals surface area (Å²) in [6.07, 6.45) is 5.29. The Hall–Kier alpha value is -3.15. The first-order valence-corrected chi connectivity index (χ1v) is 9.43. The molecule has 0 saturated heterocycles. The molecule has 2 aromatic carbocycles. The minimum absolute atomic E-state index is 0.0811. The maximum Gasteiger partial charge on any atom is 0.326 e. The highest BCUT2D eigenvalue weighted by molar-refractivity contribution is 5.92. The topological polar surface area (TPSA) is 41.6 Å². The number of allylic oxidation sites excluding steroid dienone is 2. The third-order valence-electron chi connectivity index (χ3n) is 5.35. The molecule has 1 N–H and O–H groups in total. The summed E-state index contributed by atoms with van der Waals surface area (Å²) >= 11 is 0. The van der Waals surface area contributed by atoms with Crippen LogP contribution in [-0.4, -0.2) is 24.1 Å². The fourth-order valence-corrected chi connectivity index (χ4v) is 3.67. The maximum atomic E-state index is 13.9. The average molecular weight is 396 g/mol. The average Bonchev–Trinajstić information content (AvgIpc) is 2.98. The van der Waals surface area contributed by atoms with Crippen LogP contribution in [0.4, 0.5) is 19.3 Å². The molecule has 150 valence electrons. The van der Waals surface area contributed by atoms with Crippen molar-refractivity contribution < 1.29 is 18.3 Å². The van der Waals surface area contributed by atoms with Gasteiger partial charge in [-0.25, -0.2) is 13.6 Å². The van der Waals surface area contributed by atoms with Crippen LogP contribution in [0.15, 0.2) is 48.7 Å². The van der Waals surface area contributed by atoms with Gasteiger partial charge in [-0.05, 0) is 54.0 Å². The zero-order chi connectivity index (χ0) is 20.8. The van der Waals surface area contributed by atoms with Crippen molar-refractivity contribution in [1.29, 1.82) is 0 Å². The monoisotopic (exact) mass is 396 g/mol. The predicted octanol–water partition coefficient (Wildman–Crippen LogP) is 5.39. The number of anilines is 1. The van der Waals surface area contributed by atoms with E-state index in [4.69, 9.17) is 4.74 Å². The summed E-state index contributed by atoms with van der Waals surface area (Å²) in [6, 6.07) is 7.01. The van der Waals surface area contributed by atoms with E-state index in [1.54, 1.807) is 12.3 Å². The number of nitrogens with one attached hydrogen (secondary N) is 1. The zero-order valence-electron chi connectivity index (χ0n) is 16.6. The Labute approximate surface area is 168 Å². The van der Waals surface area contributed by atoms with Crippen LogP contribution >= 0.6 is 0 Å². The molecule has 0 fully saturated rings. The number of hydrogen-bond acceptors (Lipinski definition) is 2. The van der Waals surface area contributed by atoms with E-state index in [-0.39, 0.29) is 5.41 Å². The number of aryl methyl sites for hydroxylation is 1. The van der Waals surface area contributed by atoms with Crippen LogP contribution in [0, 0.1) is 18.6 Å². The molecule has 4 nitrogen and oxygen atoms in total. The van der Waals surface area contributed by atoms with Crippen molar-refractivity contribution in [1.82, 2.24) is 4.90 Å². The number of amides is 2. The molecule has 0 unspecified atom stereocenters. The van der Waals surface area contributed by atoms with Crippen LogP contribution in [0.3, 0.4) is 0 Å². The van der Waals surface area contributed by atoms with E-state index < -0.39 is 23.4 Å². The number of carbonyl (C=O) groups is 1. The fourth-order valence-electron chi connectivity index (χ4n) is 3.67. The second-order valence-corrected chi connectivity index (χ2v) is 8.02. The molecule has 2 amide bonds. The van der Waals surface area contributed by atoms with Gasteiger partial charge >= 0.3 is 6.03 Å². The van der Waals surface area contributed by atoms with Crippen molar-refractivity contribution in [2.24, 2.45) is 0 Å². The van der Waals surface area contributed by atoms with Crippen LogP contribution in [0.25, 0.3) is 5.57 Å². The van der Waals surface area contributed by atoms with E-state index in [1.165, 1.54) is 11.0 Å². The SMILES string of the molecule is Cc1cc2c(cc1C1=CC=CN(C(=O)Nc3c(F)cccc3F)C1)C(C)(C)CO2. The van der Waals surface area contributed by atoms with Gasteiger partial charge in [-0.15, -0.1) is 0 Å². The summed E-state index contributed by atoms with van der Waals surface area (Å²) < 4.78 is 33.5. The summed E-state index contributed by atoms with van der Waals surface area (Å²) in [5.74, 6) is -0.730. The number of fused-ring (bicyclic) bond motifs is 1. The Kier molecular flexibility index (Phi) is 4.65. The second kappa shape index (κ2) is 7.03. The molecule has 6 heteroatoms. The highest BCUT2D eigenvalue weighted by atomic mass is 19.1. The van der Waals surface area contributed by atoms with Gasteiger partial charge in [0.05, 0.1) is 13.2 Å². The van der Waals surface area contributed by atoms with Crippen molar-refractivity contribution in [2.75, 3.05) is 18.5 Å². The molecular formula is C23H22F2N2O2. The number of carbonyl (C=O) groups excluding carboxylic acids is 1. The zero-order valence-corrected chi connectivity index (χ0v) is 16.6. The van der Waals surface area contributed by atoms with Crippen molar-refractivity contribution >= 4 is 17.3 Å². The Morgan fingerprint density at radius 3 is 2.66 bits per heavy atom. The third kappa shape index (κ3) is 3.50. The molecule has 4 rings (SSSR count). The first-order valence-electron chi connectivity index (χ1n) is 9.43. The number of rotatable bonds is 2. The van der Waals surface area contributed by atoms with E-state index >= 15 is 0 Å². The summed E-state index contributed by atoms with van der Waals surface area (Å²) in [5.41, 5.74) is 3.62. The molecule has 2 heterocycles. The summed E-state index contributed by atoms with van der Waals surface area (Å²) in [5, 5.41) is 2.33. The van der Waals surface area contributed by atoms with Crippen LogP contribution < -0.4 is 10.1 Å². The molecule has 0 atom stereocenters. The molecule has 0 saturated carbocycles. The molecule has 0 aliphatic carbocycles. The molecule has 0 aromatic heterocycles. The normalized spacial score (nSPS) is 16.9. The van der Waals surface area contributed by atoms with Gasteiger partial charge in [0.15, 0.2) is 0 Å². The standard InChI is InChI=1S/C23H22F2N2O2/c1-14-10-20-17(23(2,3)13-29-20)11-16(14)15-6-5-9-27(12-15)22(28)26-21-18(24)7-4-8-19(21)25/h4-11H,12-13H2,1-3H3,(H,26,28). The van der Waals surface area contributed by atoms with Gasteiger partial charge in [0.2, 0.25) is 0 Å². The van der Waals surface area contributed by atoms with E-state index in [0.29, 0.717) is 13.2 Å². The van der Waals surface area contributed by atoms with Gasteiger partial charge in [-0.1, -0.05) is 26.0 Å². The summed E-state index contributed by atoms with van der Waals surface area (Å²) in [4.78, 5) is 14.0. The number of hydrogen-bond donors (Lipinski definition) is 1. The molecular weight excluding hydrogens is 374 g/mol. The quantitative estimate of drug-likeness (QED) is 0.740. The molecule has 2 aliphatic rings. The molecule has 2 aliphatic heterocycles. The van der Waals surface area contributed by atoms with Gasteiger partial charge < -0.3 is 10.1 Å². The molecule has 0 bridgehead atoms. The number of para-hydroxylation sites is 1. The van der Waals surface area contributed by atoms with Gasteiger partial charge in [0.25, 0.3) is 0 Å². The Bertz CT molecular complexity index is 1040. The molecule has 0 radical (unpaired) electrons. The smallest absolute Gasteiger partial charge is 0.326 e. The van der Waals surface area contributed by atoms with E-state index in [9.17, 15) is 13.6 Å².